The number of nitrogens with zero attached hydrogens (tertiary/aromatic N) is 2. The van der Waals surface area contributed by atoms with Gasteiger partial charge in [-0.05, 0) is 30.2 Å². The van der Waals surface area contributed by atoms with Crippen molar-refractivity contribution in [2.75, 3.05) is 13.7 Å². The summed E-state index contributed by atoms with van der Waals surface area (Å²) in [5.74, 6) is 0.845. The number of rotatable bonds is 5. The third-order valence-electron chi connectivity index (χ3n) is 2.66. The highest BCUT2D eigenvalue weighted by atomic mass is 79.9. The molecule has 0 saturated carbocycles. The molecule has 1 heterocycles. The summed E-state index contributed by atoms with van der Waals surface area (Å²) in [6.07, 6.45) is 4.35. The fourth-order valence-electron chi connectivity index (χ4n) is 1.80. The van der Waals surface area contributed by atoms with Crippen LogP contribution in [-0.2, 0) is 13.0 Å². The van der Waals surface area contributed by atoms with Crippen LogP contribution in [0.15, 0.2) is 35.1 Å². The zero-order valence-electron chi connectivity index (χ0n) is 10.1. The van der Waals surface area contributed by atoms with Crippen molar-refractivity contribution in [2.45, 2.75) is 13.0 Å². The largest absolute Gasteiger partial charge is 0.496 e. The summed E-state index contributed by atoms with van der Waals surface area (Å²) in [6, 6.07) is 5.90. The van der Waals surface area contributed by atoms with Gasteiger partial charge in [0.05, 0.1) is 19.9 Å². The summed E-state index contributed by atoms with van der Waals surface area (Å²) in [5.41, 5.74) is 2.09. The summed E-state index contributed by atoms with van der Waals surface area (Å²) < 4.78 is 8.18. The molecule has 0 aliphatic carbocycles. The van der Waals surface area contributed by atoms with Gasteiger partial charge in [0.1, 0.15) is 5.75 Å². The Hall–Kier alpha value is -1.33. The van der Waals surface area contributed by atoms with Crippen LogP contribution in [0, 0.1) is 0 Å². The minimum Gasteiger partial charge on any atom is -0.496 e. The van der Waals surface area contributed by atoms with Crippen LogP contribution in [0.25, 0.3) is 0 Å². The molecule has 0 aliphatic rings. The Kier molecular flexibility index (Phi) is 4.38. The highest BCUT2D eigenvalue weighted by molar-refractivity contribution is 9.10. The van der Waals surface area contributed by atoms with E-state index in [1.807, 2.05) is 29.1 Å². The van der Waals surface area contributed by atoms with Crippen LogP contribution in [0.5, 0.6) is 5.75 Å². The maximum Gasteiger partial charge on any atom is 0.124 e. The maximum atomic E-state index is 8.87. The Morgan fingerprint density at radius 2 is 2.28 bits per heavy atom. The van der Waals surface area contributed by atoms with Crippen molar-refractivity contribution in [1.82, 2.24) is 9.78 Å². The first-order valence-electron chi connectivity index (χ1n) is 5.67. The van der Waals surface area contributed by atoms with Gasteiger partial charge in [0, 0.05) is 22.8 Å². The normalized spacial score (nSPS) is 10.6. The van der Waals surface area contributed by atoms with Crippen LogP contribution in [-0.4, -0.2) is 28.6 Å². The molecular formula is C13H15BrN2O2. The van der Waals surface area contributed by atoms with Gasteiger partial charge in [0.25, 0.3) is 0 Å². The number of aliphatic hydroxyl groups is 1. The molecule has 0 bridgehead atoms. The zero-order chi connectivity index (χ0) is 13.0. The van der Waals surface area contributed by atoms with E-state index >= 15 is 0 Å². The monoisotopic (exact) mass is 310 g/mol. The van der Waals surface area contributed by atoms with Crippen LogP contribution in [0.4, 0.5) is 0 Å². The van der Waals surface area contributed by atoms with Crippen molar-refractivity contribution in [2.24, 2.45) is 0 Å². The van der Waals surface area contributed by atoms with Crippen molar-refractivity contribution in [1.29, 1.82) is 0 Å². The summed E-state index contributed by atoms with van der Waals surface area (Å²) in [7, 11) is 1.66. The van der Waals surface area contributed by atoms with Gasteiger partial charge in [-0.15, -0.1) is 0 Å². The molecule has 18 heavy (non-hydrogen) atoms. The van der Waals surface area contributed by atoms with Crippen LogP contribution >= 0.6 is 15.9 Å². The van der Waals surface area contributed by atoms with E-state index in [0.717, 1.165) is 21.3 Å². The number of hydrogen-bond donors (Lipinski definition) is 1. The summed E-state index contributed by atoms with van der Waals surface area (Å²) in [4.78, 5) is 0. The van der Waals surface area contributed by atoms with Crippen molar-refractivity contribution in [3.63, 3.8) is 0 Å². The number of methoxy groups -OCH3 is 1. The molecule has 0 spiro atoms. The molecule has 1 aromatic heterocycles. The van der Waals surface area contributed by atoms with Crippen molar-refractivity contribution >= 4 is 15.9 Å². The van der Waals surface area contributed by atoms with E-state index in [0.29, 0.717) is 13.0 Å². The van der Waals surface area contributed by atoms with Crippen LogP contribution in [0.1, 0.15) is 11.1 Å². The summed E-state index contributed by atoms with van der Waals surface area (Å²) >= 11 is 3.45. The van der Waals surface area contributed by atoms with E-state index in [2.05, 4.69) is 21.0 Å². The molecule has 5 heteroatoms. The van der Waals surface area contributed by atoms with E-state index in [1.165, 1.54) is 0 Å². The Morgan fingerprint density at radius 1 is 1.44 bits per heavy atom. The summed E-state index contributed by atoms with van der Waals surface area (Å²) in [5, 5.41) is 13.1. The van der Waals surface area contributed by atoms with Gasteiger partial charge in [0.15, 0.2) is 0 Å². The number of halogens is 1. The Bertz CT molecular complexity index is 525. The second-order valence-electron chi connectivity index (χ2n) is 3.98. The first-order chi connectivity index (χ1) is 8.72. The molecule has 0 amide bonds. The number of aliphatic hydroxyl groups excluding tert-OH is 1. The Balaban J connectivity index is 2.19. The van der Waals surface area contributed by atoms with Crippen molar-refractivity contribution < 1.29 is 9.84 Å². The molecule has 2 aromatic rings. The van der Waals surface area contributed by atoms with E-state index in [1.54, 1.807) is 13.3 Å². The average Bonchev–Trinajstić information content (AvgIpc) is 2.77. The summed E-state index contributed by atoms with van der Waals surface area (Å²) in [6.45, 7) is 0.792. The predicted molar refractivity (Wildman–Crippen MR) is 72.8 cm³/mol. The lowest BCUT2D eigenvalue weighted by molar-refractivity contribution is 0.299. The smallest absolute Gasteiger partial charge is 0.124 e. The lowest BCUT2D eigenvalue weighted by Gasteiger charge is -2.09. The molecule has 0 fully saturated rings. The van der Waals surface area contributed by atoms with E-state index < -0.39 is 0 Å². The number of aromatic nitrogens is 2. The Labute approximate surface area is 114 Å². The molecular weight excluding hydrogens is 296 g/mol. The molecule has 0 unspecified atom stereocenters. The molecule has 2 rings (SSSR count). The van der Waals surface area contributed by atoms with Gasteiger partial charge < -0.3 is 9.84 Å². The molecule has 0 atom stereocenters. The molecule has 1 aromatic carbocycles. The molecule has 0 saturated heterocycles. The van der Waals surface area contributed by atoms with Gasteiger partial charge in [0.2, 0.25) is 0 Å². The fourth-order valence-corrected chi connectivity index (χ4v) is 2.20. The second kappa shape index (κ2) is 6.02. The molecule has 4 nitrogen and oxygen atoms in total. The minimum absolute atomic E-state index is 0.145. The quantitative estimate of drug-likeness (QED) is 0.921. The van der Waals surface area contributed by atoms with Crippen LogP contribution in [0.3, 0.4) is 0 Å². The van der Waals surface area contributed by atoms with Crippen molar-refractivity contribution in [3.05, 3.63) is 46.2 Å². The topological polar surface area (TPSA) is 47.3 Å². The van der Waals surface area contributed by atoms with Crippen molar-refractivity contribution in [3.8, 4) is 5.75 Å². The van der Waals surface area contributed by atoms with Gasteiger partial charge in [-0.3, -0.25) is 4.68 Å². The molecule has 96 valence electrons. The third kappa shape index (κ3) is 3.11. The van der Waals surface area contributed by atoms with Gasteiger partial charge >= 0.3 is 0 Å². The van der Waals surface area contributed by atoms with Gasteiger partial charge in [-0.2, -0.15) is 5.10 Å². The fraction of sp³-hybridized carbons (Fsp3) is 0.308. The van der Waals surface area contributed by atoms with E-state index in [4.69, 9.17) is 9.84 Å². The van der Waals surface area contributed by atoms with E-state index in [9.17, 15) is 0 Å². The van der Waals surface area contributed by atoms with Crippen LogP contribution in [0.2, 0.25) is 0 Å². The SMILES string of the molecule is COc1ccc(Br)cc1Cn1cc(CCO)cn1. The third-order valence-corrected chi connectivity index (χ3v) is 3.16. The van der Waals surface area contributed by atoms with Gasteiger partial charge in [-0.1, -0.05) is 15.9 Å². The lowest BCUT2D eigenvalue weighted by Crippen LogP contribution is -2.02. The minimum atomic E-state index is 0.145. The van der Waals surface area contributed by atoms with E-state index in [-0.39, 0.29) is 6.61 Å². The lowest BCUT2D eigenvalue weighted by atomic mass is 10.2. The number of benzene rings is 1. The van der Waals surface area contributed by atoms with Crippen LogP contribution < -0.4 is 4.74 Å². The van der Waals surface area contributed by atoms with Gasteiger partial charge in [-0.25, -0.2) is 0 Å². The predicted octanol–water partition coefficient (Wildman–Crippen LogP) is 2.24. The number of ether oxygens (including phenoxy) is 1. The highest BCUT2D eigenvalue weighted by Crippen LogP contribution is 2.23. The Morgan fingerprint density at radius 3 is 3.00 bits per heavy atom. The zero-order valence-corrected chi connectivity index (χ0v) is 11.7. The first-order valence-corrected chi connectivity index (χ1v) is 6.47. The molecule has 0 aliphatic heterocycles. The molecule has 1 N–H and O–H groups in total. The standard InChI is InChI=1S/C13H15BrN2O2/c1-18-13-3-2-12(14)6-11(13)9-16-8-10(4-5-17)7-15-16/h2-3,6-8,17H,4-5,9H2,1H3. The number of hydrogen-bond acceptors (Lipinski definition) is 3. The second-order valence-corrected chi connectivity index (χ2v) is 4.89. The first kappa shape index (κ1) is 13.1. The average molecular weight is 311 g/mol. The molecule has 0 radical (unpaired) electrons. The maximum absolute atomic E-state index is 8.87. The highest BCUT2D eigenvalue weighted by Gasteiger charge is 2.06.